The lowest BCUT2D eigenvalue weighted by atomic mass is 9.85. The predicted molar refractivity (Wildman–Crippen MR) is 112 cm³/mol. The van der Waals surface area contributed by atoms with Crippen LogP contribution in [-0.4, -0.2) is 24.3 Å². The lowest BCUT2D eigenvalue weighted by Crippen LogP contribution is -2.43. The van der Waals surface area contributed by atoms with Gasteiger partial charge in [0.05, 0.1) is 7.11 Å². The topological polar surface area (TPSA) is 67.4 Å². The number of ether oxygens (including phenoxy) is 1. The van der Waals surface area contributed by atoms with Crippen LogP contribution in [0.2, 0.25) is 0 Å². The van der Waals surface area contributed by atoms with E-state index in [9.17, 15) is 9.59 Å². The molecule has 2 aromatic carbocycles. The normalized spacial score (nSPS) is 16.1. The van der Waals surface area contributed by atoms with Crippen LogP contribution in [-0.2, 0) is 11.2 Å². The zero-order valence-corrected chi connectivity index (χ0v) is 16.8. The van der Waals surface area contributed by atoms with Crippen LogP contribution in [0.5, 0.6) is 5.75 Å². The van der Waals surface area contributed by atoms with Crippen molar-refractivity contribution >= 4 is 23.1 Å². The smallest absolute Gasteiger partial charge is 0.224 e. The van der Waals surface area contributed by atoms with Crippen LogP contribution in [0.25, 0.3) is 5.70 Å². The van der Waals surface area contributed by atoms with Gasteiger partial charge in [-0.05, 0) is 62.2 Å². The highest BCUT2D eigenvalue weighted by molar-refractivity contribution is 6.09. The van der Waals surface area contributed by atoms with Crippen molar-refractivity contribution in [2.24, 2.45) is 0 Å². The van der Waals surface area contributed by atoms with Crippen molar-refractivity contribution in [3.8, 4) is 5.75 Å². The van der Waals surface area contributed by atoms with E-state index in [-0.39, 0.29) is 17.2 Å². The fourth-order valence-corrected chi connectivity index (χ4v) is 3.34. The third-order valence-corrected chi connectivity index (χ3v) is 4.76. The zero-order valence-electron chi connectivity index (χ0n) is 16.8. The fraction of sp³-hybridized carbons (Fsp3) is 0.304. The number of methoxy groups -OCH3 is 1. The molecule has 0 fully saturated rings. The molecule has 146 valence electrons. The Morgan fingerprint density at radius 3 is 2.54 bits per heavy atom. The molecule has 0 aromatic heterocycles. The summed E-state index contributed by atoms with van der Waals surface area (Å²) in [6, 6.07) is 12.9. The van der Waals surface area contributed by atoms with Gasteiger partial charge in [0.25, 0.3) is 0 Å². The third kappa shape index (κ3) is 4.42. The van der Waals surface area contributed by atoms with Crippen molar-refractivity contribution in [3.63, 3.8) is 0 Å². The highest BCUT2D eigenvalue weighted by Gasteiger charge is 2.28. The second kappa shape index (κ2) is 7.89. The van der Waals surface area contributed by atoms with Crippen molar-refractivity contribution in [2.45, 2.75) is 39.2 Å². The first kappa shape index (κ1) is 19.7. The Labute approximate surface area is 165 Å². The SMILES string of the molecule is CCC(=O)Nc1ccc(C(=O)C=C2NC(C)(C)Cc3ccc(OC)cc32)cc1. The van der Waals surface area contributed by atoms with Gasteiger partial charge in [0, 0.05) is 40.5 Å². The van der Waals surface area contributed by atoms with Crippen LogP contribution >= 0.6 is 0 Å². The van der Waals surface area contributed by atoms with Gasteiger partial charge in [0.2, 0.25) is 5.91 Å². The molecule has 2 aromatic rings. The van der Waals surface area contributed by atoms with E-state index < -0.39 is 0 Å². The monoisotopic (exact) mass is 378 g/mol. The van der Waals surface area contributed by atoms with E-state index >= 15 is 0 Å². The summed E-state index contributed by atoms with van der Waals surface area (Å²) >= 11 is 0. The second-order valence-electron chi connectivity index (χ2n) is 7.61. The molecule has 0 unspecified atom stereocenters. The van der Waals surface area contributed by atoms with E-state index in [1.165, 1.54) is 5.56 Å². The number of carbonyl (C=O) groups excluding carboxylic acids is 2. The summed E-state index contributed by atoms with van der Waals surface area (Å²) in [4.78, 5) is 24.3. The Balaban J connectivity index is 1.90. The molecule has 0 radical (unpaired) electrons. The van der Waals surface area contributed by atoms with Gasteiger partial charge >= 0.3 is 0 Å². The minimum Gasteiger partial charge on any atom is -0.497 e. The molecule has 3 rings (SSSR count). The number of hydrogen-bond acceptors (Lipinski definition) is 4. The number of amides is 1. The molecular formula is C23H26N2O3. The molecule has 1 heterocycles. The van der Waals surface area contributed by atoms with Crippen LogP contribution in [0.15, 0.2) is 48.5 Å². The van der Waals surface area contributed by atoms with Gasteiger partial charge < -0.3 is 15.4 Å². The van der Waals surface area contributed by atoms with Gasteiger partial charge in [-0.15, -0.1) is 0 Å². The first-order valence-electron chi connectivity index (χ1n) is 9.43. The van der Waals surface area contributed by atoms with Gasteiger partial charge in [-0.2, -0.15) is 0 Å². The molecule has 28 heavy (non-hydrogen) atoms. The van der Waals surface area contributed by atoms with Crippen molar-refractivity contribution in [1.29, 1.82) is 0 Å². The van der Waals surface area contributed by atoms with E-state index in [2.05, 4.69) is 30.5 Å². The van der Waals surface area contributed by atoms with Crippen molar-refractivity contribution in [3.05, 3.63) is 65.2 Å². The Kier molecular flexibility index (Phi) is 5.54. The molecular weight excluding hydrogens is 352 g/mol. The van der Waals surface area contributed by atoms with Gasteiger partial charge in [-0.1, -0.05) is 13.0 Å². The maximum atomic E-state index is 12.8. The summed E-state index contributed by atoms with van der Waals surface area (Å²) < 4.78 is 5.35. The maximum absolute atomic E-state index is 12.8. The van der Waals surface area contributed by atoms with Crippen LogP contribution in [0.1, 0.15) is 48.7 Å². The minimum absolute atomic E-state index is 0.0552. The Morgan fingerprint density at radius 1 is 1.18 bits per heavy atom. The number of benzene rings is 2. The first-order valence-corrected chi connectivity index (χ1v) is 9.43. The third-order valence-electron chi connectivity index (χ3n) is 4.76. The van der Waals surface area contributed by atoms with Crippen LogP contribution in [0, 0.1) is 0 Å². The molecule has 0 spiro atoms. The van der Waals surface area contributed by atoms with Crippen LogP contribution in [0.4, 0.5) is 5.69 Å². The molecule has 0 saturated heterocycles. The number of rotatable bonds is 5. The van der Waals surface area contributed by atoms with E-state index in [4.69, 9.17) is 4.74 Å². The standard InChI is InChI=1S/C23H26N2O3/c1-5-22(27)24-17-9-6-15(7-10-17)21(26)13-20-19-12-18(28-4)11-8-16(19)14-23(2,3)25-20/h6-13,25H,5,14H2,1-4H3,(H,24,27). The maximum Gasteiger partial charge on any atom is 0.224 e. The molecule has 2 N–H and O–H groups in total. The van der Waals surface area contributed by atoms with Gasteiger partial charge in [-0.3, -0.25) is 9.59 Å². The molecule has 1 aliphatic rings. The van der Waals surface area contributed by atoms with E-state index in [0.717, 1.165) is 23.4 Å². The summed E-state index contributed by atoms with van der Waals surface area (Å²) in [5, 5.41) is 6.26. The van der Waals surface area contributed by atoms with Crippen molar-refractivity contribution in [1.82, 2.24) is 5.32 Å². The number of ketones is 1. The number of nitrogens with one attached hydrogen (secondary N) is 2. The average molecular weight is 378 g/mol. The molecule has 1 aliphatic heterocycles. The molecule has 5 nitrogen and oxygen atoms in total. The number of carbonyl (C=O) groups is 2. The van der Waals surface area contributed by atoms with E-state index in [0.29, 0.717) is 17.7 Å². The summed E-state index contributed by atoms with van der Waals surface area (Å²) in [6.45, 7) is 6.03. The first-order chi connectivity index (χ1) is 13.3. The zero-order chi connectivity index (χ0) is 20.3. The average Bonchev–Trinajstić information content (AvgIpc) is 2.67. The molecule has 0 saturated carbocycles. The molecule has 0 atom stereocenters. The Morgan fingerprint density at radius 2 is 1.89 bits per heavy atom. The minimum atomic E-state index is -0.151. The number of hydrogen-bond donors (Lipinski definition) is 2. The van der Waals surface area contributed by atoms with Gasteiger partial charge in [0.15, 0.2) is 5.78 Å². The number of fused-ring (bicyclic) bond motifs is 1. The lowest BCUT2D eigenvalue weighted by Gasteiger charge is -2.35. The van der Waals surface area contributed by atoms with Gasteiger partial charge in [0.1, 0.15) is 5.75 Å². The highest BCUT2D eigenvalue weighted by atomic mass is 16.5. The highest BCUT2D eigenvalue weighted by Crippen LogP contribution is 2.32. The summed E-state index contributed by atoms with van der Waals surface area (Å²) in [5.74, 6) is 0.609. The number of allylic oxidation sites excluding steroid dienone is 1. The number of anilines is 1. The molecule has 5 heteroatoms. The summed E-state index contributed by atoms with van der Waals surface area (Å²) in [6.07, 6.45) is 2.92. The second-order valence-corrected chi connectivity index (χ2v) is 7.61. The molecule has 0 bridgehead atoms. The quantitative estimate of drug-likeness (QED) is 0.605. The Hall–Kier alpha value is -3.08. The van der Waals surface area contributed by atoms with Crippen LogP contribution in [0.3, 0.4) is 0 Å². The molecule has 1 amide bonds. The van der Waals surface area contributed by atoms with Crippen molar-refractivity contribution < 1.29 is 14.3 Å². The lowest BCUT2D eigenvalue weighted by molar-refractivity contribution is -0.115. The van der Waals surface area contributed by atoms with Crippen molar-refractivity contribution in [2.75, 3.05) is 12.4 Å². The van der Waals surface area contributed by atoms with E-state index in [1.807, 2.05) is 12.1 Å². The van der Waals surface area contributed by atoms with Crippen LogP contribution < -0.4 is 15.4 Å². The largest absolute Gasteiger partial charge is 0.497 e. The van der Waals surface area contributed by atoms with Gasteiger partial charge in [-0.25, -0.2) is 0 Å². The summed E-state index contributed by atoms with van der Waals surface area (Å²) in [5.41, 5.74) is 4.06. The van der Waals surface area contributed by atoms with E-state index in [1.54, 1.807) is 44.4 Å². The molecule has 0 aliphatic carbocycles. The fourth-order valence-electron chi connectivity index (χ4n) is 3.34. The summed E-state index contributed by atoms with van der Waals surface area (Å²) in [7, 11) is 1.63. The predicted octanol–water partition coefficient (Wildman–Crippen LogP) is 4.19. The Bertz CT molecular complexity index is 927.